The molecule has 0 amide bonds. The van der Waals surface area contributed by atoms with E-state index in [0.717, 1.165) is 23.9 Å². The van der Waals surface area contributed by atoms with Crippen LogP contribution in [0.2, 0.25) is 0 Å². The lowest BCUT2D eigenvalue weighted by Gasteiger charge is -2.12. The molecule has 2 nitrogen and oxygen atoms in total. The summed E-state index contributed by atoms with van der Waals surface area (Å²) in [5.74, 6) is 1.66. The van der Waals surface area contributed by atoms with Crippen molar-refractivity contribution < 1.29 is 0 Å². The van der Waals surface area contributed by atoms with E-state index in [0.29, 0.717) is 5.92 Å². The highest BCUT2D eigenvalue weighted by molar-refractivity contribution is 8.13. The Morgan fingerprint density at radius 3 is 2.73 bits per heavy atom. The lowest BCUT2D eigenvalue weighted by molar-refractivity contribution is 0.705. The van der Waals surface area contributed by atoms with Gasteiger partial charge in [0, 0.05) is 12.3 Å². The maximum absolute atomic E-state index is 5.69. The molecule has 2 rings (SSSR count). The van der Waals surface area contributed by atoms with Crippen LogP contribution >= 0.6 is 24.2 Å². The van der Waals surface area contributed by atoms with E-state index < -0.39 is 0 Å². The van der Waals surface area contributed by atoms with Gasteiger partial charge in [0.15, 0.2) is 5.17 Å². The smallest absolute Gasteiger partial charge is 0.153 e. The monoisotopic (exact) mass is 242 g/mol. The van der Waals surface area contributed by atoms with Crippen LogP contribution in [0.5, 0.6) is 0 Å². The van der Waals surface area contributed by atoms with Gasteiger partial charge in [0.1, 0.15) is 0 Å². The normalized spacial score (nSPS) is 21.1. The van der Waals surface area contributed by atoms with Crippen LogP contribution in [0.25, 0.3) is 0 Å². The third-order valence-corrected chi connectivity index (χ3v) is 3.44. The molecular formula is C11H15ClN2S. The van der Waals surface area contributed by atoms with Gasteiger partial charge in [0.05, 0.1) is 0 Å². The predicted octanol–water partition coefficient (Wildman–Crippen LogP) is 2.64. The van der Waals surface area contributed by atoms with Gasteiger partial charge in [-0.1, -0.05) is 42.1 Å². The minimum Gasteiger partial charge on any atom is -0.379 e. The van der Waals surface area contributed by atoms with E-state index in [1.54, 1.807) is 11.8 Å². The molecule has 1 unspecified atom stereocenters. The van der Waals surface area contributed by atoms with Gasteiger partial charge in [-0.3, -0.25) is 4.99 Å². The van der Waals surface area contributed by atoms with Crippen LogP contribution in [-0.2, 0) is 0 Å². The molecule has 1 aromatic rings. The van der Waals surface area contributed by atoms with Gasteiger partial charge >= 0.3 is 0 Å². The molecule has 0 saturated carbocycles. The summed E-state index contributed by atoms with van der Waals surface area (Å²) in [7, 11) is 0. The number of nitrogens with zero attached hydrogens (tertiary/aromatic N) is 1. The van der Waals surface area contributed by atoms with Crippen LogP contribution in [0.15, 0.2) is 35.3 Å². The SMILES string of the molecule is Cl.NC1=NCCC(c2ccccc2)CS1. The number of halogens is 1. The highest BCUT2D eigenvalue weighted by Gasteiger charge is 2.14. The Hall–Kier alpha value is -0.670. The lowest BCUT2D eigenvalue weighted by Crippen LogP contribution is -2.07. The molecule has 0 radical (unpaired) electrons. The number of hydrogen-bond donors (Lipinski definition) is 1. The molecule has 0 aliphatic carbocycles. The summed E-state index contributed by atoms with van der Waals surface area (Å²) in [5.41, 5.74) is 7.10. The molecule has 4 heteroatoms. The third kappa shape index (κ3) is 3.43. The summed E-state index contributed by atoms with van der Waals surface area (Å²) in [6.07, 6.45) is 1.11. The maximum atomic E-state index is 5.69. The van der Waals surface area contributed by atoms with Crippen molar-refractivity contribution in [1.82, 2.24) is 0 Å². The zero-order chi connectivity index (χ0) is 9.80. The van der Waals surface area contributed by atoms with Crippen LogP contribution in [0.4, 0.5) is 0 Å². The van der Waals surface area contributed by atoms with Gasteiger partial charge in [-0.05, 0) is 17.9 Å². The number of thioether (sulfide) groups is 1. The second-order valence-electron chi connectivity index (χ2n) is 3.43. The molecule has 0 aromatic heterocycles. The van der Waals surface area contributed by atoms with Gasteiger partial charge in [0.25, 0.3) is 0 Å². The molecule has 0 spiro atoms. The first-order chi connectivity index (χ1) is 6.86. The van der Waals surface area contributed by atoms with Crippen LogP contribution < -0.4 is 5.73 Å². The summed E-state index contributed by atoms with van der Waals surface area (Å²) < 4.78 is 0. The first kappa shape index (κ1) is 12.4. The van der Waals surface area contributed by atoms with E-state index >= 15 is 0 Å². The quantitative estimate of drug-likeness (QED) is 0.822. The summed E-state index contributed by atoms with van der Waals surface area (Å²) in [4.78, 5) is 4.26. The fourth-order valence-electron chi connectivity index (χ4n) is 1.63. The van der Waals surface area contributed by atoms with Crippen molar-refractivity contribution in [2.45, 2.75) is 12.3 Å². The molecule has 1 heterocycles. The van der Waals surface area contributed by atoms with E-state index in [1.165, 1.54) is 5.56 Å². The van der Waals surface area contributed by atoms with Crippen LogP contribution in [0.3, 0.4) is 0 Å². The van der Waals surface area contributed by atoms with Crippen molar-refractivity contribution in [3.8, 4) is 0 Å². The lowest BCUT2D eigenvalue weighted by atomic mass is 9.98. The van der Waals surface area contributed by atoms with Crippen molar-refractivity contribution in [2.75, 3.05) is 12.3 Å². The Morgan fingerprint density at radius 1 is 1.27 bits per heavy atom. The second-order valence-corrected chi connectivity index (χ2v) is 4.47. The molecule has 0 bridgehead atoms. The summed E-state index contributed by atoms with van der Waals surface area (Å²) >= 11 is 1.67. The number of hydrogen-bond acceptors (Lipinski definition) is 3. The zero-order valence-corrected chi connectivity index (χ0v) is 10.1. The minimum atomic E-state index is 0. The zero-order valence-electron chi connectivity index (χ0n) is 8.43. The van der Waals surface area contributed by atoms with Gasteiger partial charge in [-0.15, -0.1) is 12.4 Å². The summed E-state index contributed by atoms with van der Waals surface area (Å²) in [6.45, 7) is 0.860. The van der Waals surface area contributed by atoms with Crippen molar-refractivity contribution >= 4 is 29.3 Å². The highest BCUT2D eigenvalue weighted by Crippen LogP contribution is 2.26. The van der Waals surface area contributed by atoms with Gasteiger partial charge in [-0.25, -0.2) is 0 Å². The maximum Gasteiger partial charge on any atom is 0.153 e. The van der Waals surface area contributed by atoms with Crippen LogP contribution in [0, 0.1) is 0 Å². The van der Waals surface area contributed by atoms with E-state index in [4.69, 9.17) is 5.73 Å². The Bertz CT molecular complexity index is 327. The summed E-state index contributed by atoms with van der Waals surface area (Å²) in [5, 5.41) is 0.739. The predicted molar refractivity (Wildman–Crippen MR) is 70.0 cm³/mol. The second kappa shape index (κ2) is 6.03. The largest absolute Gasteiger partial charge is 0.379 e. The van der Waals surface area contributed by atoms with Crippen molar-refractivity contribution in [3.63, 3.8) is 0 Å². The molecule has 0 saturated heterocycles. The fraction of sp³-hybridized carbons (Fsp3) is 0.364. The molecule has 0 fully saturated rings. The Labute approximate surface area is 101 Å². The van der Waals surface area contributed by atoms with E-state index in [9.17, 15) is 0 Å². The summed E-state index contributed by atoms with van der Waals surface area (Å²) in [6, 6.07) is 10.6. The van der Waals surface area contributed by atoms with Crippen molar-refractivity contribution in [2.24, 2.45) is 10.7 Å². The first-order valence-electron chi connectivity index (χ1n) is 4.84. The number of aliphatic imine (C=N–C) groups is 1. The minimum absolute atomic E-state index is 0. The average Bonchev–Trinajstić information content (AvgIpc) is 2.44. The molecule has 1 atom stereocenters. The first-order valence-corrected chi connectivity index (χ1v) is 5.82. The van der Waals surface area contributed by atoms with Gasteiger partial charge in [0.2, 0.25) is 0 Å². The highest BCUT2D eigenvalue weighted by atomic mass is 35.5. The van der Waals surface area contributed by atoms with Crippen molar-refractivity contribution in [1.29, 1.82) is 0 Å². The van der Waals surface area contributed by atoms with E-state index in [-0.39, 0.29) is 12.4 Å². The molecule has 1 aliphatic rings. The fourth-order valence-corrected chi connectivity index (χ4v) is 2.55. The number of rotatable bonds is 1. The van der Waals surface area contributed by atoms with Crippen molar-refractivity contribution in [3.05, 3.63) is 35.9 Å². The number of benzene rings is 1. The van der Waals surface area contributed by atoms with Crippen LogP contribution in [-0.4, -0.2) is 17.5 Å². The topological polar surface area (TPSA) is 38.4 Å². The molecular weight excluding hydrogens is 228 g/mol. The van der Waals surface area contributed by atoms with Gasteiger partial charge in [-0.2, -0.15) is 0 Å². The molecule has 15 heavy (non-hydrogen) atoms. The Morgan fingerprint density at radius 2 is 2.00 bits per heavy atom. The average molecular weight is 243 g/mol. The molecule has 1 aromatic carbocycles. The Kier molecular flexibility index (Phi) is 4.99. The molecule has 2 N–H and O–H groups in total. The standard InChI is InChI=1S/C11H14N2S.ClH/c12-11-13-7-6-10(8-14-11)9-4-2-1-3-5-9;/h1-5,10H,6-8H2,(H2,12,13);1H. The molecule has 82 valence electrons. The van der Waals surface area contributed by atoms with Crippen LogP contribution in [0.1, 0.15) is 17.9 Å². The third-order valence-electron chi connectivity index (χ3n) is 2.45. The van der Waals surface area contributed by atoms with E-state index in [2.05, 4.69) is 35.3 Å². The van der Waals surface area contributed by atoms with E-state index in [1.807, 2.05) is 0 Å². The number of amidine groups is 1. The Balaban J connectivity index is 0.00000112. The number of nitrogens with two attached hydrogens (primary N) is 1. The molecule has 1 aliphatic heterocycles. The van der Waals surface area contributed by atoms with Gasteiger partial charge < -0.3 is 5.73 Å².